The molecule has 30 heavy (non-hydrogen) atoms. The number of aliphatic hydroxyl groups is 1. The van der Waals surface area contributed by atoms with Crippen molar-refractivity contribution in [2.75, 3.05) is 48.1 Å². The molecule has 170 valence electrons. The first kappa shape index (κ1) is 12.6. The molecule has 2 fully saturated rings. The highest BCUT2D eigenvalue weighted by Crippen LogP contribution is 2.42. The first-order valence-corrected chi connectivity index (χ1v) is 10.6. The van der Waals surface area contributed by atoms with E-state index in [1.165, 1.54) is 7.11 Å². The Hall–Kier alpha value is -1.43. The molecule has 0 heterocycles. The molecule has 0 spiro atoms. The number of benzene rings is 1. The van der Waals surface area contributed by atoms with Crippen LogP contribution in [0.4, 0.5) is 0 Å². The summed E-state index contributed by atoms with van der Waals surface area (Å²) in [7, 11) is 1.53. The molecule has 0 aliphatic heterocycles. The molecular formula is C25H42N2O3. The Morgan fingerprint density at radius 3 is 2.53 bits per heavy atom. The van der Waals surface area contributed by atoms with Crippen molar-refractivity contribution in [1.82, 2.24) is 9.80 Å². The third kappa shape index (κ3) is 7.07. The van der Waals surface area contributed by atoms with Crippen molar-refractivity contribution < 1.29 is 31.1 Å². The van der Waals surface area contributed by atoms with Crippen molar-refractivity contribution in [2.45, 2.75) is 57.0 Å². The van der Waals surface area contributed by atoms with Gasteiger partial charge >= 0.3 is 0 Å². The first-order chi connectivity index (χ1) is 19.1. The number of carbonyl (C=O) groups is 1. The summed E-state index contributed by atoms with van der Waals surface area (Å²) in [5.74, 6) is -0.368. The van der Waals surface area contributed by atoms with Crippen molar-refractivity contribution in [3.63, 3.8) is 0 Å². The summed E-state index contributed by atoms with van der Waals surface area (Å²) in [4.78, 5) is 12.6. The van der Waals surface area contributed by atoms with E-state index in [1.54, 1.807) is 24.3 Å². The third-order valence-corrected chi connectivity index (χ3v) is 6.09. The molecule has 0 amide bonds. The Balaban J connectivity index is 0.000000317. The molecule has 3 atom stereocenters. The number of rotatable bonds is 6. The number of nitrogens with zero attached hydrogens (tertiary/aromatic N) is 2. The fourth-order valence-electron chi connectivity index (χ4n) is 4.43. The van der Waals surface area contributed by atoms with Crippen LogP contribution in [0.5, 0.6) is 5.75 Å². The average Bonchev–Trinajstić information content (AvgIpc) is 2.85. The molecule has 5 heteroatoms. The maximum Gasteiger partial charge on any atom is 0.137 e. The van der Waals surface area contributed by atoms with E-state index in [4.69, 9.17) is 21.2 Å². The van der Waals surface area contributed by atoms with E-state index in [-0.39, 0.29) is 18.9 Å². The molecule has 1 aromatic carbocycles. The number of hydrogen-bond acceptors (Lipinski definition) is 5. The van der Waals surface area contributed by atoms with Crippen LogP contribution in [0, 0.1) is 11.8 Å². The smallest absolute Gasteiger partial charge is 0.137 e. The maximum absolute atomic E-state index is 11.6. The van der Waals surface area contributed by atoms with Crippen molar-refractivity contribution in [3.05, 3.63) is 29.8 Å². The van der Waals surface area contributed by atoms with Crippen LogP contribution in [-0.4, -0.2) is 68.8 Å². The molecular weight excluding hydrogens is 376 g/mol. The molecule has 2 aliphatic carbocycles. The number of carbonyl (C=O) groups excluding carboxylic acids is 1. The van der Waals surface area contributed by atoms with E-state index in [1.807, 2.05) is 0 Å². The van der Waals surface area contributed by atoms with Gasteiger partial charge in [-0.05, 0) is 71.3 Å². The minimum absolute atomic E-state index is 0.0187. The summed E-state index contributed by atoms with van der Waals surface area (Å²) in [6.45, 7) is -11.3. The second-order valence-electron chi connectivity index (χ2n) is 8.23. The highest BCUT2D eigenvalue weighted by atomic mass is 16.5. The van der Waals surface area contributed by atoms with E-state index in [0.29, 0.717) is 46.8 Å². The number of ether oxygens (including phenoxy) is 1. The summed E-state index contributed by atoms with van der Waals surface area (Å²) >= 11 is 0. The van der Waals surface area contributed by atoms with Gasteiger partial charge in [0.1, 0.15) is 11.5 Å². The number of hydrogen-bond donors (Lipinski definition) is 1. The van der Waals surface area contributed by atoms with E-state index in [9.17, 15) is 9.90 Å². The maximum atomic E-state index is 11.6. The Kier molecular flexibility index (Phi) is 4.95. The summed E-state index contributed by atoms with van der Waals surface area (Å²) in [6.07, 6.45) is 5.33. The molecule has 0 bridgehead atoms. The lowest BCUT2D eigenvalue weighted by Gasteiger charge is -2.41. The summed E-state index contributed by atoms with van der Waals surface area (Å²) in [5, 5.41) is 11.4. The van der Waals surface area contributed by atoms with Crippen molar-refractivity contribution in [1.29, 1.82) is 0 Å². The predicted molar refractivity (Wildman–Crippen MR) is 123 cm³/mol. The highest BCUT2D eigenvalue weighted by molar-refractivity contribution is 5.81. The van der Waals surface area contributed by atoms with Crippen LogP contribution in [0.1, 0.15) is 73.4 Å². The summed E-state index contributed by atoms with van der Waals surface area (Å²) < 4.78 is 93.9. The lowest BCUT2D eigenvalue weighted by molar-refractivity contribution is -0.125. The fraction of sp³-hybridized carbons (Fsp3) is 0.720. The van der Waals surface area contributed by atoms with Crippen molar-refractivity contribution in [3.8, 4) is 5.75 Å². The van der Waals surface area contributed by atoms with Gasteiger partial charge in [-0.1, -0.05) is 31.4 Å². The van der Waals surface area contributed by atoms with E-state index >= 15 is 0 Å². The van der Waals surface area contributed by atoms with Gasteiger partial charge in [0.2, 0.25) is 0 Å². The number of ketones is 1. The fourth-order valence-corrected chi connectivity index (χ4v) is 4.43. The van der Waals surface area contributed by atoms with Gasteiger partial charge in [0.15, 0.2) is 0 Å². The van der Waals surface area contributed by atoms with Gasteiger partial charge < -0.3 is 19.6 Å². The monoisotopic (exact) mass is 430 g/mol. The zero-order valence-corrected chi connectivity index (χ0v) is 17.7. The van der Waals surface area contributed by atoms with Crippen LogP contribution in [0.15, 0.2) is 24.3 Å². The van der Waals surface area contributed by atoms with Gasteiger partial charge in [-0.25, -0.2) is 0 Å². The minimum atomic E-state index is -2.75. The topological polar surface area (TPSA) is 53.0 Å². The minimum Gasteiger partial charge on any atom is -0.497 e. The average molecular weight is 431 g/mol. The van der Waals surface area contributed by atoms with Gasteiger partial charge in [-0.3, -0.25) is 4.79 Å². The van der Waals surface area contributed by atoms with Crippen molar-refractivity contribution in [2.24, 2.45) is 11.8 Å². The second kappa shape index (κ2) is 11.8. The predicted octanol–water partition coefficient (Wildman–Crippen LogP) is 3.94. The quantitative estimate of drug-likeness (QED) is 0.741. The van der Waals surface area contributed by atoms with Crippen LogP contribution in [-0.2, 0) is 10.4 Å². The number of Topliss-reactive ketones (excluding diaryl/α,β-unsaturated/α-hetero) is 1. The van der Waals surface area contributed by atoms with Crippen molar-refractivity contribution >= 4 is 5.78 Å². The third-order valence-electron chi connectivity index (χ3n) is 6.09. The molecule has 3 rings (SSSR count). The Morgan fingerprint density at radius 2 is 1.83 bits per heavy atom. The number of methoxy groups -OCH3 is 1. The van der Waals surface area contributed by atoms with Gasteiger partial charge in [-0.15, -0.1) is 0 Å². The standard InChI is InChI=1S/C16H25NO2.C9H17NO/c1-17(2)12-14-7-4-5-10-16(14,18)13-8-6-9-15(11-13)19-3;1-10(2)7-8-5-3-4-6-9(8)11/h6,8-9,11,14,18H,4-5,7,10,12H2,1-3H3;8H,3-7H2,1-2H3/i2*1D3,2D3. The van der Waals surface area contributed by atoms with Crippen LogP contribution in [0.3, 0.4) is 0 Å². The first-order valence-electron chi connectivity index (χ1n) is 16.6. The molecule has 0 saturated heterocycles. The lowest BCUT2D eigenvalue weighted by atomic mass is 9.71. The van der Waals surface area contributed by atoms with Gasteiger partial charge in [0, 0.05) is 47.8 Å². The van der Waals surface area contributed by atoms with Gasteiger partial charge in [-0.2, -0.15) is 0 Å². The summed E-state index contributed by atoms with van der Waals surface area (Å²) in [5.41, 5.74) is -0.644. The van der Waals surface area contributed by atoms with Gasteiger partial charge in [0.25, 0.3) is 0 Å². The molecule has 2 aliphatic rings. The molecule has 0 aromatic heterocycles. The SMILES string of the molecule is [2H]C([2H])([2H])N(CC1CCCCC1(O)c1cccc(OC)c1)C([2H])([2H])[2H].[2H]C([2H])([2H])N(CC1CCCCC1=O)C([2H])([2H])[2H]. The summed E-state index contributed by atoms with van der Waals surface area (Å²) in [6, 6.07) is 7.04. The Labute approximate surface area is 200 Å². The Morgan fingerprint density at radius 1 is 1.10 bits per heavy atom. The van der Waals surface area contributed by atoms with E-state index < -0.39 is 45.3 Å². The normalized spacial score (nSPS) is 34.6. The van der Waals surface area contributed by atoms with Gasteiger partial charge in [0.05, 0.1) is 12.7 Å². The second-order valence-corrected chi connectivity index (χ2v) is 8.23. The molecule has 5 nitrogen and oxygen atoms in total. The zero-order valence-electron chi connectivity index (χ0n) is 29.7. The van der Waals surface area contributed by atoms with Crippen LogP contribution in [0.25, 0.3) is 0 Å². The lowest BCUT2D eigenvalue weighted by Crippen LogP contribution is -2.43. The van der Waals surface area contributed by atoms with Crippen LogP contribution >= 0.6 is 0 Å². The van der Waals surface area contributed by atoms with Crippen LogP contribution in [0.2, 0.25) is 0 Å². The highest BCUT2D eigenvalue weighted by Gasteiger charge is 2.40. The van der Waals surface area contributed by atoms with E-state index in [2.05, 4.69) is 0 Å². The molecule has 1 aromatic rings. The molecule has 0 radical (unpaired) electrons. The van der Waals surface area contributed by atoms with Crippen LogP contribution < -0.4 is 4.74 Å². The molecule has 3 unspecified atom stereocenters. The van der Waals surface area contributed by atoms with E-state index in [0.717, 1.165) is 25.7 Å². The Bertz CT molecular complexity index is 998. The largest absolute Gasteiger partial charge is 0.497 e. The zero-order chi connectivity index (χ0) is 32.1. The molecule has 2 saturated carbocycles. The molecule has 1 N–H and O–H groups in total.